The van der Waals surface area contributed by atoms with E-state index in [0.29, 0.717) is 11.4 Å². The molecule has 0 aliphatic rings. The van der Waals surface area contributed by atoms with Gasteiger partial charge < -0.3 is 0 Å². The summed E-state index contributed by atoms with van der Waals surface area (Å²) in [6.07, 6.45) is 0. The van der Waals surface area contributed by atoms with Crippen molar-refractivity contribution in [2.24, 2.45) is 0 Å². The Morgan fingerprint density at radius 1 is 0.373 bits per heavy atom. The molecule has 0 fully saturated rings. The van der Waals surface area contributed by atoms with E-state index >= 15 is 0 Å². The Morgan fingerprint density at radius 2 is 0.797 bits per heavy atom. The Kier molecular flexibility index (Phi) is 8.02. The zero-order valence-electron chi connectivity index (χ0n) is 31.9. The van der Waals surface area contributed by atoms with Crippen molar-refractivity contribution in [2.45, 2.75) is 5.41 Å². The topological polar surface area (TPSA) is 59.4 Å². The second-order valence-electron chi connectivity index (χ2n) is 14.9. The molecule has 5 nitrogen and oxygen atoms in total. The minimum absolute atomic E-state index is 0.601. The molecule has 0 unspecified atom stereocenters. The molecule has 11 aromatic rings. The van der Waals surface area contributed by atoms with E-state index in [1.807, 2.05) is 24.3 Å². The highest BCUT2D eigenvalue weighted by Crippen LogP contribution is 2.46. The molecule has 0 aliphatic heterocycles. The van der Waals surface area contributed by atoms with Gasteiger partial charge in [0.25, 0.3) is 0 Å². The molecule has 0 saturated carbocycles. The maximum absolute atomic E-state index is 9.89. The Hall–Kier alpha value is -8.07. The van der Waals surface area contributed by atoms with Crippen molar-refractivity contribution in [2.75, 3.05) is 0 Å². The van der Waals surface area contributed by atoms with Crippen LogP contribution >= 0.6 is 0 Å². The molecule has 276 valence electrons. The first-order valence-corrected chi connectivity index (χ1v) is 19.8. The van der Waals surface area contributed by atoms with Gasteiger partial charge in [-0.1, -0.05) is 164 Å². The highest BCUT2D eigenvalue weighted by atomic mass is 15.1. The van der Waals surface area contributed by atoms with Crippen molar-refractivity contribution >= 4 is 43.6 Å². The number of hydrogen-bond acceptors (Lipinski definition) is 3. The summed E-state index contributed by atoms with van der Waals surface area (Å²) in [4.78, 5) is 11.0. The van der Waals surface area contributed by atoms with Crippen molar-refractivity contribution in [3.05, 3.63) is 240 Å². The number of hydrogen-bond donors (Lipinski definition) is 0. The third-order valence-corrected chi connectivity index (χ3v) is 11.7. The number of rotatable bonds is 7. The molecule has 0 amide bonds. The van der Waals surface area contributed by atoms with Gasteiger partial charge in [0.05, 0.1) is 39.1 Å². The summed E-state index contributed by atoms with van der Waals surface area (Å²) < 4.78 is 4.47. The number of aromatic nitrogens is 4. The first-order valence-electron chi connectivity index (χ1n) is 19.8. The first kappa shape index (κ1) is 34.2. The third kappa shape index (κ3) is 5.39. The number of nitriles is 1. The van der Waals surface area contributed by atoms with Crippen molar-refractivity contribution in [1.82, 2.24) is 19.1 Å². The van der Waals surface area contributed by atoms with Gasteiger partial charge >= 0.3 is 0 Å². The maximum Gasteiger partial charge on any atom is 0.163 e. The van der Waals surface area contributed by atoms with Crippen LogP contribution in [0, 0.1) is 11.3 Å². The van der Waals surface area contributed by atoms with Gasteiger partial charge in [0.15, 0.2) is 5.82 Å². The summed E-state index contributed by atoms with van der Waals surface area (Å²) in [5.74, 6) is 2.09. The lowest BCUT2D eigenvalue weighted by atomic mass is 9.65. The fourth-order valence-corrected chi connectivity index (χ4v) is 9.19. The lowest BCUT2D eigenvalue weighted by Gasteiger charge is -2.37. The molecule has 8 aromatic carbocycles. The lowest BCUT2D eigenvalue weighted by Crippen LogP contribution is -2.31. The van der Waals surface area contributed by atoms with Crippen LogP contribution in [0.25, 0.3) is 66.6 Å². The Bertz CT molecular complexity index is 3240. The van der Waals surface area contributed by atoms with Gasteiger partial charge in [0, 0.05) is 33.2 Å². The second-order valence-corrected chi connectivity index (χ2v) is 14.9. The largest absolute Gasteiger partial charge is 0.294 e. The van der Waals surface area contributed by atoms with E-state index in [0.717, 1.165) is 83.1 Å². The van der Waals surface area contributed by atoms with E-state index in [-0.39, 0.29) is 0 Å². The molecule has 0 radical (unpaired) electrons. The number of fused-ring (bicyclic) bond motifs is 6. The van der Waals surface area contributed by atoms with Crippen LogP contribution in [0.3, 0.4) is 0 Å². The smallest absolute Gasteiger partial charge is 0.163 e. The monoisotopic (exact) mass is 753 g/mol. The number of benzene rings is 8. The average molecular weight is 754 g/mol. The van der Waals surface area contributed by atoms with E-state index in [9.17, 15) is 5.26 Å². The Balaban J connectivity index is 1.23. The molecule has 0 spiro atoms. The van der Waals surface area contributed by atoms with Crippen LogP contribution in [0.15, 0.2) is 212 Å². The fourth-order valence-electron chi connectivity index (χ4n) is 9.19. The lowest BCUT2D eigenvalue weighted by molar-refractivity contribution is 0.745. The molecule has 0 aliphatic carbocycles. The Morgan fingerprint density at radius 3 is 1.29 bits per heavy atom. The van der Waals surface area contributed by atoms with Gasteiger partial charge in [0.2, 0.25) is 0 Å². The molecule has 0 atom stereocenters. The molecule has 59 heavy (non-hydrogen) atoms. The SMILES string of the molecule is N#Cc1ccc2c(c1)c1ccccc1n2-c1cc(-n2c3ccccc3c3ccccc32)nc(-c2cccc(C(c3ccccc3)(c3ccccc3)c3ccccc3)c2)n1. The summed E-state index contributed by atoms with van der Waals surface area (Å²) in [5.41, 5.74) is 9.56. The molecule has 0 bridgehead atoms. The minimum atomic E-state index is -0.641. The van der Waals surface area contributed by atoms with Gasteiger partial charge in [-0.25, -0.2) is 9.97 Å². The second kappa shape index (κ2) is 13.8. The van der Waals surface area contributed by atoms with E-state index in [1.165, 1.54) is 0 Å². The summed E-state index contributed by atoms with van der Waals surface area (Å²) in [5, 5.41) is 14.3. The van der Waals surface area contributed by atoms with E-state index in [4.69, 9.17) is 9.97 Å². The average Bonchev–Trinajstić information content (AvgIpc) is 3.83. The summed E-state index contributed by atoms with van der Waals surface area (Å²) in [6, 6.07) is 76.8. The molecule has 3 aromatic heterocycles. The zero-order valence-corrected chi connectivity index (χ0v) is 31.9. The van der Waals surface area contributed by atoms with Crippen LogP contribution in [0.1, 0.15) is 27.8 Å². The minimum Gasteiger partial charge on any atom is -0.294 e. The van der Waals surface area contributed by atoms with E-state index in [1.54, 1.807) is 0 Å². The predicted molar refractivity (Wildman–Crippen MR) is 239 cm³/mol. The molecule has 3 heterocycles. The third-order valence-electron chi connectivity index (χ3n) is 11.7. The summed E-state index contributed by atoms with van der Waals surface area (Å²) in [7, 11) is 0. The summed E-state index contributed by atoms with van der Waals surface area (Å²) in [6.45, 7) is 0. The van der Waals surface area contributed by atoms with Gasteiger partial charge in [-0.3, -0.25) is 9.13 Å². The standard InChI is InChI=1S/C54H35N5/c55-36-37-31-32-50-46(33-37)45-27-12-15-30-49(45)59(50)52-35-51(58-47-28-13-10-25-43(47)44-26-11-14-29-48(44)58)56-53(57-52)38-17-16-24-42(34-38)54(39-18-4-1-5-19-39,40-20-6-2-7-21-40)41-22-8-3-9-23-41/h1-35H. The van der Waals surface area contributed by atoms with Crippen LogP contribution < -0.4 is 0 Å². The van der Waals surface area contributed by atoms with Crippen molar-refractivity contribution in [3.63, 3.8) is 0 Å². The molecular weight excluding hydrogens is 719 g/mol. The van der Waals surface area contributed by atoms with Crippen molar-refractivity contribution in [3.8, 4) is 29.1 Å². The van der Waals surface area contributed by atoms with Crippen LogP contribution in [0.5, 0.6) is 0 Å². The zero-order chi connectivity index (χ0) is 39.3. The molecule has 0 N–H and O–H groups in total. The normalized spacial score (nSPS) is 11.7. The molecule has 0 saturated heterocycles. The number of nitrogens with zero attached hydrogens (tertiary/aromatic N) is 5. The maximum atomic E-state index is 9.89. The van der Waals surface area contributed by atoms with Gasteiger partial charge in [-0.05, 0) is 64.7 Å². The predicted octanol–water partition coefficient (Wildman–Crippen LogP) is 12.6. The number of para-hydroxylation sites is 3. The molecule has 11 rings (SSSR count). The van der Waals surface area contributed by atoms with Crippen molar-refractivity contribution in [1.29, 1.82) is 5.26 Å². The highest BCUT2D eigenvalue weighted by molar-refractivity contribution is 6.10. The van der Waals surface area contributed by atoms with Crippen molar-refractivity contribution < 1.29 is 0 Å². The fraction of sp³-hybridized carbons (Fsp3) is 0.0185. The van der Waals surface area contributed by atoms with Crippen LogP contribution in [-0.4, -0.2) is 19.1 Å². The van der Waals surface area contributed by atoms with Gasteiger partial charge in [-0.15, -0.1) is 0 Å². The van der Waals surface area contributed by atoms with E-state index in [2.05, 4.69) is 203 Å². The molecular formula is C54H35N5. The quantitative estimate of drug-likeness (QED) is 0.152. The van der Waals surface area contributed by atoms with Crippen LogP contribution in [0.2, 0.25) is 0 Å². The van der Waals surface area contributed by atoms with Gasteiger partial charge in [-0.2, -0.15) is 5.26 Å². The van der Waals surface area contributed by atoms with Crippen LogP contribution in [-0.2, 0) is 5.41 Å². The van der Waals surface area contributed by atoms with Crippen LogP contribution in [0.4, 0.5) is 0 Å². The summed E-state index contributed by atoms with van der Waals surface area (Å²) >= 11 is 0. The Labute approximate surface area is 341 Å². The van der Waals surface area contributed by atoms with Gasteiger partial charge in [0.1, 0.15) is 11.6 Å². The highest BCUT2D eigenvalue weighted by Gasteiger charge is 2.38. The first-order chi connectivity index (χ1) is 29.2. The molecule has 5 heteroatoms. The van der Waals surface area contributed by atoms with E-state index < -0.39 is 5.41 Å².